The summed E-state index contributed by atoms with van der Waals surface area (Å²) >= 11 is 0. The molecular formula is C18H21FN2O2. The van der Waals surface area contributed by atoms with Crippen LogP contribution in [0.25, 0.3) is 0 Å². The highest BCUT2D eigenvalue weighted by Gasteiger charge is 2.11. The molecule has 4 nitrogen and oxygen atoms in total. The van der Waals surface area contributed by atoms with E-state index in [-0.39, 0.29) is 17.8 Å². The summed E-state index contributed by atoms with van der Waals surface area (Å²) < 4.78 is 12.9. The molecule has 2 atom stereocenters. The molecule has 1 amide bonds. The molecule has 2 aromatic carbocycles. The van der Waals surface area contributed by atoms with Gasteiger partial charge in [0.05, 0.1) is 6.10 Å². The standard InChI is InChI=1S/C18H21FN2O2/c1-12(15-4-3-5-17(10-15)21-13(2)22)20-11-18(23)14-6-8-16(19)9-7-14/h3-10,12,18,20,23H,11H2,1-2H3,(H,21,22). The molecule has 0 saturated carbocycles. The van der Waals surface area contributed by atoms with Crippen LogP contribution in [0.2, 0.25) is 0 Å². The Hall–Kier alpha value is -2.24. The average molecular weight is 316 g/mol. The second kappa shape index (κ2) is 7.85. The fourth-order valence-corrected chi connectivity index (χ4v) is 2.30. The fourth-order valence-electron chi connectivity index (χ4n) is 2.30. The van der Waals surface area contributed by atoms with Crippen molar-refractivity contribution in [1.29, 1.82) is 0 Å². The van der Waals surface area contributed by atoms with Crippen molar-refractivity contribution < 1.29 is 14.3 Å². The SMILES string of the molecule is CC(=O)Nc1cccc(C(C)NCC(O)c2ccc(F)cc2)c1. The lowest BCUT2D eigenvalue weighted by molar-refractivity contribution is -0.114. The number of aliphatic hydroxyl groups is 1. The highest BCUT2D eigenvalue weighted by atomic mass is 19.1. The molecule has 5 heteroatoms. The molecule has 0 saturated heterocycles. The third-order valence-electron chi connectivity index (χ3n) is 3.58. The number of aliphatic hydroxyl groups excluding tert-OH is 1. The minimum atomic E-state index is -0.712. The van der Waals surface area contributed by atoms with Gasteiger partial charge in [-0.15, -0.1) is 0 Å². The van der Waals surface area contributed by atoms with Gasteiger partial charge in [-0.3, -0.25) is 4.79 Å². The van der Waals surface area contributed by atoms with E-state index in [1.165, 1.54) is 19.1 Å². The Labute approximate surface area is 135 Å². The summed E-state index contributed by atoms with van der Waals surface area (Å²) in [5, 5.41) is 16.1. The van der Waals surface area contributed by atoms with E-state index >= 15 is 0 Å². The van der Waals surface area contributed by atoms with Crippen molar-refractivity contribution in [3.8, 4) is 0 Å². The summed E-state index contributed by atoms with van der Waals surface area (Å²) in [5.74, 6) is -0.438. The topological polar surface area (TPSA) is 61.4 Å². The van der Waals surface area contributed by atoms with Gasteiger partial charge in [0.2, 0.25) is 5.91 Å². The van der Waals surface area contributed by atoms with Gasteiger partial charge in [-0.2, -0.15) is 0 Å². The Morgan fingerprint density at radius 2 is 1.87 bits per heavy atom. The number of rotatable bonds is 6. The van der Waals surface area contributed by atoms with Crippen LogP contribution in [0.1, 0.15) is 37.1 Å². The summed E-state index contributed by atoms with van der Waals surface area (Å²) in [7, 11) is 0. The minimum absolute atomic E-state index is 0.00111. The molecule has 0 spiro atoms. The molecule has 0 aliphatic carbocycles. The first-order valence-electron chi connectivity index (χ1n) is 7.50. The molecular weight excluding hydrogens is 295 g/mol. The van der Waals surface area contributed by atoms with E-state index in [1.807, 2.05) is 31.2 Å². The summed E-state index contributed by atoms with van der Waals surface area (Å²) in [6.45, 7) is 3.79. The maximum Gasteiger partial charge on any atom is 0.221 e. The van der Waals surface area contributed by atoms with E-state index < -0.39 is 6.10 Å². The van der Waals surface area contributed by atoms with Gasteiger partial charge in [0.15, 0.2) is 0 Å². The fraction of sp³-hybridized carbons (Fsp3) is 0.278. The summed E-state index contributed by atoms with van der Waals surface area (Å²) in [5.41, 5.74) is 2.41. The summed E-state index contributed by atoms with van der Waals surface area (Å²) in [6.07, 6.45) is -0.712. The Morgan fingerprint density at radius 1 is 1.17 bits per heavy atom. The molecule has 2 aromatic rings. The highest BCUT2D eigenvalue weighted by molar-refractivity contribution is 5.88. The van der Waals surface area contributed by atoms with Crippen molar-refractivity contribution in [2.75, 3.05) is 11.9 Å². The quantitative estimate of drug-likeness (QED) is 0.767. The van der Waals surface area contributed by atoms with E-state index in [1.54, 1.807) is 12.1 Å². The number of amides is 1. The van der Waals surface area contributed by atoms with E-state index in [2.05, 4.69) is 10.6 Å². The number of halogens is 1. The van der Waals surface area contributed by atoms with Crippen LogP contribution in [0.4, 0.5) is 10.1 Å². The third kappa shape index (κ3) is 5.16. The van der Waals surface area contributed by atoms with Crippen molar-refractivity contribution in [3.63, 3.8) is 0 Å². The zero-order valence-electron chi connectivity index (χ0n) is 13.2. The zero-order valence-corrected chi connectivity index (χ0v) is 13.2. The average Bonchev–Trinajstić information content (AvgIpc) is 2.52. The minimum Gasteiger partial charge on any atom is -0.387 e. The molecule has 122 valence electrons. The van der Waals surface area contributed by atoms with Crippen LogP contribution in [0.5, 0.6) is 0 Å². The van der Waals surface area contributed by atoms with Crippen LogP contribution in [0.3, 0.4) is 0 Å². The van der Waals surface area contributed by atoms with Crippen LogP contribution in [0.15, 0.2) is 48.5 Å². The Morgan fingerprint density at radius 3 is 2.52 bits per heavy atom. The molecule has 0 fully saturated rings. The van der Waals surface area contributed by atoms with Crippen molar-refractivity contribution in [1.82, 2.24) is 5.32 Å². The molecule has 0 aliphatic rings. The number of benzene rings is 2. The van der Waals surface area contributed by atoms with Gasteiger partial charge in [-0.25, -0.2) is 4.39 Å². The second-order valence-corrected chi connectivity index (χ2v) is 5.50. The first-order chi connectivity index (χ1) is 11.0. The van der Waals surface area contributed by atoms with E-state index in [9.17, 15) is 14.3 Å². The maximum atomic E-state index is 12.9. The first-order valence-corrected chi connectivity index (χ1v) is 7.50. The van der Waals surface area contributed by atoms with Crippen LogP contribution < -0.4 is 10.6 Å². The van der Waals surface area contributed by atoms with Crippen molar-refractivity contribution in [2.45, 2.75) is 26.0 Å². The summed E-state index contributed by atoms with van der Waals surface area (Å²) in [4.78, 5) is 11.1. The zero-order chi connectivity index (χ0) is 16.8. The van der Waals surface area contributed by atoms with Crippen LogP contribution in [-0.2, 0) is 4.79 Å². The molecule has 0 bridgehead atoms. The molecule has 0 aliphatic heterocycles. The lowest BCUT2D eigenvalue weighted by Gasteiger charge is -2.18. The molecule has 23 heavy (non-hydrogen) atoms. The van der Waals surface area contributed by atoms with Gasteiger partial charge in [-0.1, -0.05) is 24.3 Å². The van der Waals surface area contributed by atoms with Gasteiger partial charge in [0.25, 0.3) is 0 Å². The summed E-state index contributed by atoms with van der Waals surface area (Å²) in [6, 6.07) is 13.3. The van der Waals surface area contributed by atoms with Gasteiger partial charge >= 0.3 is 0 Å². The van der Waals surface area contributed by atoms with Crippen LogP contribution in [-0.4, -0.2) is 17.6 Å². The first kappa shape index (κ1) is 17.1. The van der Waals surface area contributed by atoms with Crippen LogP contribution >= 0.6 is 0 Å². The maximum absolute atomic E-state index is 12.9. The lowest BCUT2D eigenvalue weighted by Crippen LogP contribution is -2.24. The monoisotopic (exact) mass is 316 g/mol. The van der Waals surface area contributed by atoms with Gasteiger partial charge in [0, 0.05) is 25.2 Å². The largest absolute Gasteiger partial charge is 0.387 e. The normalized spacial score (nSPS) is 13.4. The second-order valence-electron chi connectivity index (χ2n) is 5.50. The third-order valence-corrected chi connectivity index (χ3v) is 3.58. The van der Waals surface area contributed by atoms with Gasteiger partial charge in [-0.05, 0) is 42.3 Å². The molecule has 2 rings (SSSR count). The number of nitrogens with one attached hydrogen (secondary N) is 2. The molecule has 0 heterocycles. The van der Waals surface area contributed by atoms with Crippen molar-refractivity contribution >= 4 is 11.6 Å². The van der Waals surface area contributed by atoms with E-state index in [0.717, 1.165) is 11.3 Å². The van der Waals surface area contributed by atoms with Crippen LogP contribution in [0, 0.1) is 5.82 Å². The molecule has 3 N–H and O–H groups in total. The molecule has 0 radical (unpaired) electrons. The van der Waals surface area contributed by atoms with Gasteiger partial charge < -0.3 is 15.7 Å². The van der Waals surface area contributed by atoms with Crippen molar-refractivity contribution in [2.24, 2.45) is 0 Å². The van der Waals surface area contributed by atoms with Gasteiger partial charge in [0.1, 0.15) is 5.82 Å². The highest BCUT2D eigenvalue weighted by Crippen LogP contribution is 2.19. The number of hydrogen-bond donors (Lipinski definition) is 3. The number of anilines is 1. The molecule has 0 aromatic heterocycles. The van der Waals surface area contributed by atoms with Crippen molar-refractivity contribution in [3.05, 3.63) is 65.5 Å². The number of hydrogen-bond acceptors (Lipinski definition) is 3. The Kier molecular flexibility index (Phi) is 5.84. The smallest absolute Gasteiger partial charge is 0.221 e. The Bertz CT molecular complexity index is 658. The predicted molar refractivity (Wildman–Crippen MR) is 88.5 cm³/mol. The molecule has 2 unspecified atom stereocenters. The predicted octanol–water partition coefficient (Wildman–Crippen LogP) is 3.17. The Balaban J connectivity index is 1.95. The van der Waals surface area contributed by atoms with E-state index in [0.29, 0.717) is 12.1 Å². The van der Waals surface area contributed by atoms with E-state index in [4.69, 9.17) is 0 Å². The number of carbonyl (C=O) groups is 1. The number of carbonyl (C=O) groups excluding carboxylic acids is 1. The lowest BCUT2D eigenvalue weighted by atomic mass is 10.1.